The molecule has 1 rings (SSSR count). The van der Waals surface area contributed by atoms with Crippen molar-refractivity contribution in [1.82, 2.24) is 10.2 Å². The van der Waals surface area contributed by atoms with Crippen LogP contribution in [0.15, 0.2) is 24.3 Å². The molecule has 0 aliphatic rings. The minimum Gasteiger partial charge on any atom is -0.484 e. The second-order valence-corrected chi connectivity index (χ2v) is 5.88. The summed E-state index contributed by atoms with van der Waals surface area (Å²) in [6, 6.07) is 8.66. The van der Waals surface area contributed by atoms with Gasteiger partial charge in [-0.15, -0.1) is 0 Å². The highest BCUT2D eigenvalue weighted by atomic mass is 16.5. The molecule has 0 saturated carbocycles. The van der Waals surface area contributed by atoms with E-state index < -0.39 is 0 Å². The van der Waals surface area contributed by atoms with E-state index in [-0.39, 0.29) is 12.5 Å². The van der Waals surface area contributed by atoms with Crippen LogP contribution in [0, 0.1) is 6.92 Å². The van der Waals surface area contributed by atoms with E-state index in [4.69, 9.17) is 4.74 Å². The van der Waals surface area contributed by atoms with E-state index in [1.807, 2.05) is 31.2 Å². The number of nitrogens with one attached hydrogen (secondary N) is 1. The molecule has 118 valence electrons. The van der Waals surface area contributed by atoms with Crippen molar-refractivity contribution in [2.24, 2.45) is 0 Å². The smallest absolute Gasteiger partial charge is 0.257 e. The molecule has 0 aliphatic heterocycles. The molecule has 4 nitrogen and oxygen atoms in total. The number of hydrogen-bond acceptors (Lipinski definition) is 3. The quantitative estimate of drug-likeness (QED) is 0.801. The lowest BCUT2D eigenvalue weighted by molar-refractivity contribution is -0.123. The van der Waals surface area contributed by atoms with Crippen LogP contribution in [0.2, 0.25) is 0 Å². The molecule has 0 saturated heterocycles. The van der Waals surface area contributed by atoms with Crippen LogP contribution in [0.5, 0.6) is 5.75 Å². The van der Waals surface area contributed by atoms with Gasteiger partial charge in [0.2, 0.25) is 0 Å². The molecule has 1 aromatic rings. The fourth-order valence-corrected chi connectivity index (χ4v) is 2.34. The summed E-state index contributed by atoms with van der Waals surface area (Å²) >= 11 is 0. The molecular formula is C17H28N2O2. The minimum atomic E-state index is -0.0797. The van der Waals surface area contributed by atoms with Crippen LogP contribution in [0.25, 0.3) is 0 Å². The third kappa shape index (κ3) is 6.63. The van der Waals surface area contributed by atoms with Crippen molar-refractivity contribution in [1.29, 1.82) is 0 Å². The Labute approximate surface area is 128 Å². The monoisotopic (exact) mass is 292 g/mol. The Morgan fingerprint density at radius 3 is 2.48 bits per heavy atom. The Balaban J connectivity index is 2.28. The van der Waals surface area contributed by atoms with Gasteiger partial charge >= 0.3 is 0 Å². The summed E-state index contributed by atoms with van der Waals surface area (Å²) in [6.45, 7) is 12.2. The summed E-state index contributed by atoms with van der Waals surface area (Å²) in [5.74, 6) is 0.653. The highest BCUT2D eigenvalue weighted by Crippen LogP contribution is 2.11. The van der Waals surface area contributed by atoms with E-state index in [0.717, 1.165) is 17.9 Å². The van der Waals surface area contributed by atoms with E-state index in [9.17, 15) is 4.79 Å². The molecule has 0 bridgehead atoms. The SMILES string of the molecule is Cc1cccc(OCC(=O)NCCN(C(C)C)C(C)C)c1. The van der Waals surface area contributed by atoms with E-state index in [0.29, 0.717) is 18.6 Å². The molecule has 0 aromatic heterocycles. The highest BCUT2D eigenvalue weighted by molar-refractivity contribution is 5.77. The standard InChI is InChI=1S/C17H28N2O2/c1-13(2)19(14(3)4)10-9-18-17(20)12-21-16-8-6-7-15(5)11-16/h6-8,11,13-14H,9-10,12H2,1-5H3,(H,18,20). The maximum Gasteiger partial charge on any atom is 0.257 e. The van der Waals surface area contributed by atoms with Crippen LogP contribution < -0.4 is 10.1 Å². The average molecular weight is 292 g/mol. The third-order valence-electron chi connectivity index (χ3n) is 3.38. The number of amides is 1. The van der Waals surface area contributed by atoms with Gasteiger partial charge in [0.1, 0.15) is 5.75 Å². The number of nitrogens with zero attached hydrogens (tertiary/aromatic N) is 1. The number of carbonyl (C=O) groups excluding carboxylic acids is 1. The molecule has 1 amide bonds. The van der Waals surface area contributed by atoms with Crippen molar-refractivity contribution in [3.8, 4) is 5.75 Å². The lowest BCUT2D eigenvalue weighted by atomic mass is 10.2. The van der Waals surface area contributed by atoms with Crippen LogP contribution in [0.1, 0.15) is 33.3 Å². The molecule has 1 N–H and O–H groups in total. The normalized spacial score (nSPS) is 11.2. The number of hydrogen-bond donors (Lipinski definition) is 1. The zero-order valence-electron chi connectivity index (χ0n) is 13.8. The van der Waals surface area contributed by atoms with E-state index >= 15 is 0 Å². The summed E-state index contributed by atoms with van der Waals surface area (Å²) in [5.41, 5.74) is 1.12. The van der Waals surface area contributed by atoms with E-state index in [1.54, 1.807) is 0 Å². The van der Waals surface area contributed by atoms with E-state index in [2.05, 4.69) is 37.9 Å². The molecule has 0 fully saturated rings. The van der Waals surface area contributed by atoms with Crippen LogP contribution >= 0.6 is 0 Å². The number of ether oxygens (including phenoxy) is 1. The first-order valence-corrected chi connectivity index (χ1v) is 7.62. The van der Waals surface area contributed by atoms with Gasteiger partial charge in [0.15, 0.2) is 6.61 Å². The Hall–Kier alpha value is -1.55. The first-order chi connectivity index (χ1) is 9.90. The summed E-state index contributed by atoms with van der Waals surface area (Å²) in [5, 5.41) is 2.90. The number of rotatable bonds is 8. The van der Waals surface area contributed by atoms with Crippen molar-refractivity contribution in [3.63, 3.8) is 0 Å². The first kappa shape index (κ1) is 17.5. The lowest BCUT2D eigenvalue weighted by Crippen LogP contribution is -2.43. The number of aryl methyl sites for hydroxylation is 1. The average Bonchev–Trinajstić information content (AvgIpc) is 2.40. The van der Waals surface area contributed by atoms with Gasteiger partial charge in [0, 0.05) is 25.2 Å². The van der Waals surface area contributed by atoms with Crippen molar-refractivity contribution in [2.45, 2.75) is 46.7 Å². The fourth-order valence-electron chi connectivity index (χ4n) is 2.34. The van der Waals surface area contributed by atoms with Crippen LogP contribution in [0.4, 0.5) is 0 Å². The molecule has 0 radical (unpaired) electrons. The Bertz CT molecular complexity index is 436. The Morgan fingerprint density at radius 1 is 1.24 bits per heavy atom. The summed E-state index contributed by atoms with van der Waals surface area (Å²) in [7, 11) is 0. The van der Waals surface area contributed by atoms with Crippen LogP contribution in [-0.2, 0) is 4.79 Å². The van der Waals surface area contributed by atoms with Gasteiger partial charge in [-0.25, -0.2) is 0 Å². The molecule has 0 aliphatic carbocycles. The summed E-state index contributed by atoms with van der Waals surface area (Å²) in [6.07, 6.45) is 0. The van der Waals surface area contributed by atoms with Gasteiger partial charge in [0.25, 0.3) is 5.91 Å². The van der Waals surface area contributed by atoms with Gasteiger partial charge in [-0.05, 0) is 52.3 Å². The molecular weight excluding hydrogens is 264 g/mol. The highest BCUT2D eigenvalue weighted by Gasteiger charge is 2.13. The molecule has 0 unspecified atom stereocenters. The summed E-state index contributed by atoms with van der Waals surface area (Å²) in [4.78, 5) is 14.1. The maximum absolute atomic E-state index is 11.8. The first-order valence-electron chi connectivity index (χ1n) is 7.62. The van der Waals surface area contributed by atoms with Crippen LogP contribution in [-0.4, -0.2) is 42.6 Å². The predicted octanol–water partition coefficient (Wildman–Crippen LogP) is 2.61. The van der Waals surface area contributed by atoms with Crippen molar-refractivity contribution in [2.75, 3.05) is 19.7 Å². The molecule has 0 heterocycles. The molecule has 1 aromatic carbocycles. The third-order valence-corrected chi connectivity index (χ3v) is 3.38. The maximum atomic E-state index is 11.8. The topological polar surface area (TPSA) is 41.6 Å². The largest absolute Gasteiger partial charge is 0.484 e. The minimum absolute atomic E-state index is 0.0623. The fraction of sp³-hybridized carbons (Fsp3) is 0.588. The number of carbonyl (C=O) groups is 1. The number of benzene rings is 1. The zero-order valence-corrected chi connectivity index (χ0v) is 13.8. The van der Waals surface area contributed by atoms with Gasteiger partial charge in [0.05, 0.1) is 0 Å². The predicted molar refractivity (Wildman–Crippen MR) is 86.7 cm³/mol. The van der Waals surface area contributed by atoms with Gasteiger partial charge in [-0.3, -0.25) is 9.69 Å². The molecule has 0 atom stereocenters. The van der Waals surface area contributed by atoms with Gasteiger partial charge < -0.3 is 10.1 Å². The second kappa shape index (κ2) is 8.67. The van der Waals surface area contributed by atoms with Gasteiger partial charge in [-0.1, -0.05) is 12.1 Å². The Kier molecular flexibility index (Phi) is 7.23. The second-order valence-electron chi connectivity index (χ2n) is 5.88. The lowest BCUT2D eigenvalue weighted by Gasteiger charge is -2.30. The van der Waals surface area contributed by atoms with Crippen molar-refractivity contribution < 1.29 is 9.53 Å². The summed E-state index contributed by atoms with van der Waals surface area (Å²) < 4.78 is 5.48. The van der Waals surface area contributed by atoms with Crippen molar-refractivity contribution in [3.05, 3.63) is 29.8 Å². The van der Waals surface area contributed by atoms with Crippen LogP contribution in [0.3, 0.4) is 0 Å². The zero-order chi connectivity index (χ0) is 15.8. The van der Waals surface area contributed by atoms with E-state index in [1.165, 1.54) is 0 Å². The Morgan fingerprint density at radius 2 is 1.90 bits per heavy atom. The van der Waals surface area contributed by atoms with Crippen molar-refractivity contribution >= 4 is 5.91 Å². The molecule has 0 spiro atoms. The molecule has 21 heavy (non-hydrogen) atoms. The van der Waals surface area contributed by atoms with Gasteiger partial charge in [-0.2, -0.15) is 0 Å². The molecule has 4 heteroatoms.